The fourth-order valence-corrected chi connectivity index (χ4v) is 6.31. The van der Waals surface area contributed by atoms with E-state index in [4.69, 9.17) is 9.05 Å². The summed E-state index contributed by atoms with van der Waals surface area (Å²) in [6.45, 7) is 2.22. The van der Waals surface area contributed by atoms with Gasteiger partial charge in [-0.1, -0.05) is 36.4 Å². The molecule has 13 nitrogen and oxygen atoms in total. The van der Waals surface area contributed by atoms with Gasteiger partial charge in [-0.05, 0) is 37.6 Å². The number of hydrogen-bond donors (Lipinski definition) is 4. The fourth-order valence-electron chi connectivity index (χ4n) is 4.78. The summed E-state index contributed by atoms with van der Waals surface area (Å²) in [5.41, 5.74) is 3.10. The Labute approximate surface area is 247 Å². The highest BCUT2D eigenvalue weighted by Crippen LogP contribution is 2.44. The minimum atomic E-state index is -4.04. The van der Waals surface area contributed by atoms with Crippen LogP contribution in [-0.2, 0) is 26.8 Å². The summed E-state index contributed by atoms with van der Waals surface area (Å²) < 4.78 is 24.3. The molecule has 2 amide bonds. The number of H-pyrrole nitrogens is 2. The molecule has 14 heteroatoms. The van der Waals surface area contributed by atoms with Gasteiger partial charge < -0.3 is 24.4 Å². The van der Waals surface area contributed by atoms with Crippen molar-refractivity contribution in [2.45, 2.75) is 32.4 Å². The summed E-state index contributed by atoms with van der Waals surface area (Å²) in [6, 6.07) is 16.6. The molecule has 1 aliphatic rings. The van der Waals surface area contributed by atoms with Gasteiger partial charge >= 0.3 is 13.7 Å². The zero-order chi connectivity index (χ0) is 30.6. The van der Waals surface area contributed by atoms with Gasteiger partial charge in [-0.15, -0.1) is 0 Å². The number of nitrogens with one attached hydrogen (secondary N) is 3. The first-order chi connectivity index (χ1) is 20.6. The van der Waals surface area contributed by atoms with E-state index >= 15 is 0 Å². The Morgan fingerprint density at radius 1 is 1.16 bits per heavy atom. The molecule has 226 valence electrons. The maximum absolute atomic E-state index is 13.3. The van der Waals surface area contributed by atoms with Crippen molar-refractivity contribution in [1.29, 1.82) is 0 Å². The van der Waals surface area contributed by atoms with Crippen LogP contribution in [0.1, 0.15) is 45.6 Å². The van der Waals surface area contributed by atoms with E-state index in [2.05, 4.69) is 20.3 Å². The van der Waals surface area contributed by atoms with E-state index in [1.54, 1.807) is 42.3 Å². The number of fused-ring (bicyclic) bond motifs is 2. The van der Waals surface area contributed by atoms with Crippen LogP contribution in [0.15, 0.2) is 60.7 Å². The first kappa shape index (κ1) is 30.0. The van der Waals surface area contributed by atoms with E-state index in [-0.39, 0.29) is 49.4 Å². The molecule has 0 spiro atoms. The molecule has 2 aromatic heterocycles. The second-order valence-electron chi connectivity index (χ2n) is 10.3. The van der Waals surface area contributed by atoms with Gasteiger partial charge in [0.25, 0.3) is 11.8 Å². The zero-order valence-corrected chi connectivity index (χ0v) is 24.7. The molecule has 0 bridgehead atoms. The Bertz CT molecular complexity index is 1640. The van der Waals surface area contributed by atoms with Gasteiger partial charge in [-0.2, -0.15) is 10.2 Å². The third-order valence-electron chi connectivity index (χ3n) is 7.12. The van der Waals surface area contributed by atoms with Crippen molar-refractivity contribution in [2.24, 2.45) is 0 Å². The number of para-hydroxylation sites is 2. The second kappa shape index (κ2) is 12.8. The molecule has 0 saturated heterocycles. The third kappa shape index (κ3) is 6.96. The zero-order valence-electron chi connectivity index (χ0n) is 23.8. The van der Waals surface area contributed by atoms with Crippen LogP contribution in [0.2, 0.25) is 0 Å². The molecule has 43 heavy (non-hydrogen) atoms. The standard InChI is InChI=1S/C29H33N6O7P/c1-19(29(38)39)33-43(40,42-21-10-4-3-5-11-21)41-16-8-14-34(2)28(37)26-22-18-35(15-13-24(22)31-32-26)27(36)25-17-20-9-6-7-12-23(20)30-25/h3-7,9-12,17,19,30H,8,13-16,18H2,1-2H3,(H,31,32)(H,33,40)(H,38,39). The average Bonchev–Trinajstić information content (AvgIpc) is 3.63. The number of aromatic nitrogens is 3. The lowest BCUT2D eigenvalue weighted by Crippen LogP contribution is -2.37. The smallest absolute Gasteiger partial charge is 0.459 e. The van der Waals surface area contributed by atoms with Gasteiger partial charge in [0, 0.05) is 48.7 Å². The van der Waals surface area contributed by atoms with Crippen molar-refractivity contribution in [3.8, 4) is 5.75 Å². The van der Waals surface area contributed by atoms with Crippen LogP contribution in [0.5, 0.6) is 5.75 Å². The maximum atomic E-state index is 13.3. The lowest BCUT2D eigenvalue weighted by molar-refractivity contribution is -0.138. The molecule has 5 rings (SSSR count). The molecule has 0 radical (unpaired) electrons. The van der Waals surface area contributed by atoms with Crippen LogP contribution in [0, 0.1) is 0 Å². The Morgan fingerprint density at radius 3 is 2.65 bits per heavy atom. The molecule has 0 fully saturated rings. The summed E-state index contributed by atoms with van der Waals surface area (Å²) in [4.78, 5) is 44.3. The van der Waals surface area contributed by atoms with E-state index in [0.29, 0.717) is 24.2 Å². The van der Waals surface area contributed by atoms with Crippen LogP contribution in [-0.4, -0.2) is 80.7 Å². The lowest BCUT2D eigenvalue weighted by atomic mass is 10.0. The number of aromatic amines is 2. The number of nitrogens with zero attached hydrogens (tertiary/aromatic N) is 3. The first-order valence-corrected chi connectivity index (χ1v) is 15.4. The maximum Gasteiger partial charge on any atom is 0.459 e. The largest absolute Gasteiger partial charge is 0.480 e. The van der Waals surface area contributed by atoms with E-state index < -0.39 is 19.8 Å². The number of amides is 2. The van der Waals surface area contributed by atoms with Crippen molar-refractivity contribution in [1.82, 2.24) is 30.1 Å². The van der Waals surface area contributed by atoms with E-state index in [1.165, 1.54) is 11.8 Å². The molecule has 0 saturated carbocycles. The van der Waals surface area contributed by atoms with Crippen LogP contribution >= 0.6 is 7.75 Å². The number of carboxylic acid groups (broad SMARTS) is 1. The van der Waals surface area contributed by atoms with E-state index in [9.17, 15) is 24.1 Å². The molecule has 1 aliphatic heterocycles. The normalized spacial score (nSPS) is 15.0. The molecule has 2 unspecified atom stereocenters. The molecule has 2 atom stereocenters. The molecular weight excluding hydrogens is 575 g/mol. The van der Waals surface area contributed by atoms with Gasteiger partial charge in [-0.3, -0.25) is 24.0 Å². The predicted molar refractivity (Wildman–Crippen MR) is 158 cm³/mol. The van der Waals surface area contributed by atoms with Gasteiger partial charge in [0.1, 0.15) is 17.5 Å². The van der Waals surface area contributed by atoms with E-state index in [0.717, 1.165) is 16.6 Å². The third-order valence-corrected chi connectivity index (χ3v) is 8.80. The number of benzene rings is 2. The number of aliphatic carboxylic acids is 1. The Hall–Kier alpha value is -4.45. The van der Waals surface area contributed by atoms with Crippen molar-refractivity contribution < 1.29 is 33.1 Å². The van der Waals surface area contributed by atoms with Crippen LogP contribution in [0.3, 0.4) is 0 Å². The summed E-state index contributed by atoms with van der Waals surface area (Å²) in [7, 11) is -2.43. The summed E-state index contributed by atoms with van der Waals surface area (Å²) >= 11 is 0. The van der Waals surface area contributed by atoms with Crippen LogP contribution in [0.25, 0.3) is 10.9 Å². The van der Waals surface area contributed by atoms with Gasteiger partial charge in [-0.25, -0.2) is 4.57 Å². The molecule has 0 aliphatic carbocycles. The molecular formula is C29H33N6O7P. The Balaban J connectivity index is 1.18. The topological polar surface area (TPSA) is 170 Å². The van der Waals surface area contributed by atoms with Gasteiger partial charge in [0.05, 0.1) is 13.2 Å². The minimum absolute atomic E-state index is 0.0769. The van der Waals surface area contributed by atoms with Gasteiger partial charge in [0.2, 0.25) is 0 Å². The highest BCUT2D eigenvalue weighted by atomic mass is 31.2. The first-order valence-electron chi connectivity index (χ1n) is 13.8. The molecule has 2 aromatic carbocycles. The van der Waals surface area contributed by atoms with Crippen LogP contribution < -0.4 is 9.61 Å². The van der Waals surface area contributed by atoms with Crippen molar-refractivity contribution in [3.05, 3.63) is 83.3 Å². The average molecular weight is 609 g/mol. The fraction of sp³-hybridized carbons (Fsp3) is 0.310. The quantitative estimate of drug-likeness (QED) is 0.138. The number of carbonyl (C=O) groups is 3. The monoisotopic (exact) mass is 608 g/mol. The molecule has 4 aromatic rings. The number of carbonyl (C=O) groups excluding carboxylic acids is 2. The number of carboxylic acids is 1. The Kier molecular flexibility index (Phi) is 8.95. The highest BCUT2D eigenvalue weighted by Gasteiger charge is 2.32. The summed E-state index contributed by atoms with van der Waals surface area (Å²) in [5.74, 6) is -1.45. The van der Waals surface area contributed by atoms with Gasteiger partial charge in [0.15, 0.2) is 5.69 Å². The van der Waals surface area contributed by atoms with E-state index in [1.807, 2.05) is 30.3 Å². The highest BCUT2D eigenvalue weighted by molar-refractivity contribution is 7.52. The van der Waals surface area contributed by atoms with Crippen molar-refractivity contribution >= 4 is 36.4 Å². The van der Waals surface area contributed by atoms with Crippen molar-refractivity contribution in [3.63, 3.8) is 0 Å². The van der Waals surface area contributed by atoms with Crippen molar-refractivity contribution in [2.75, 3.05) is 26.7 Å². The predicted octanol–water partition coefficient (Wildman–Crippen LogP) is 3.82. The molecule has 4 N–H and O–H groups in total. The second-order valence-corrected chi connectivity index (χ2v) is 12.0. The summed E-state index contributed by atoms with van der Waals surface area (Å²) in [6.07, 6.45) is 0.822. The number of rotatable bonds is 12. The minimum Gasteiger partial charge on any atom is -0.480 e. The Morgan fingerprint density at radius 2 is 1.91 bits per heavy atom. The SMILES string of the molecule is CC(NP(=O)(OCCCN(C)C(=O)c1n[nH]c2c1CN(C(=O)c1cc3ccccc3[nH]1)CC2)Oc1ccccc1)C(=O)O. The lowest BCUT2D eigenvalue weighted by Gasteiger charge is -2.27. The number of hydrogen-bond acceptors (Lipinski definition) is 7. The summed E-state index contributed by atoms with van der Waals surface area (Å²) in [5, 5.41) is 19.8. The van der Waals surface area contributed by atoms with Crippen LogP contribution in [0.4, 0.5) is 0 Å². The molecule has 3 heterocycles.